The minimum atomic E-state index is -0.451. The summed E-state index contributed by atoms with van der Waals surface area (Å²) in [6.07, 6.45) is 4.72. The number of rotatable bonds is 6. The lowest BCUT2D eigenvalue weighted by Gasteiger charge is -2.32. The van der Waals surface area contributed by atoms with Crippen LogP contribution >= 0.6 is 0 Å². The predicted octanol–water partition coefficient (Wildman–Crippen LogP) is 2.93. The van der Waals surface area contributed by atoms with Crippen LogP contribution < -0.4 is 15.8 Å². The number of urea groups is 1. The first kappa shape index (κ1) is 19.8. The minimum absolute atomic E-state index is 0.0964. The van der Waals surface area contributed by atoms with E-state index in [1.165, 1.54) is 0 Å². The van der Waals surface area contributed by atoms with Crippen LogP contribution in [0.3, 0.4) is 0 Å². The van der Waals surface area contributed by atoms with Crippen LogP contribution in [-0.4, -0.2) is 48.5 Å². The first-order valence-corrected chi connectivity index (χ1v) is 9.55. The van der Waals surface area contributed by atoms with Crippen molar-refractivity contribution in [3.8, 4) is 5.75 Å². The highest BCUT2D eigenvalue weighted by Crippen LogP contribution is 2.18. The summed E-state index contributed by atoms with van der Waals surface area (Å²) in [7, 11) is 1.60. The van der Waals surface area contributed by atoms with Crippen LogP contribution in [0.4, 0.5) is 10.5 Å². The van der Waals surface area contributed by atoms with E-state index in [-0.39, 0.29) is 5.92 Å². The van der Waals surface area contributed by atoms with Gasteiger partial charge in [-0.3, -0.25) is 4.98 Å². The molecule has 0 saturated carbocycles. The summed E-state index contributed by atoms with van der Waals surface area (Å²) in [4.78, 5) is 23.0. The Bertz CT molecular complexity index is 792. The van der Waals surface area contributed by atoms with Gasteiger partial charge in [-0.05, 0) is 55.8 Å². The molecule has 3 N–H and O–H groups in total. The fourth-order valence-electron chi connectivity index (χ4n) is 3.35. The van der Waals surface area contributed by atoms with Gasteiger partial charge in [0.15, 0.2) is 0 Å². The molecule has 0 spiro atoms. The van der Waals surface area contributed by atoms with Gasteiger partial charge in [-0.25, -0.2) is 4.79 Å². The number of anilines is 1. The SMILES string of the molecule is COc1ccc(NC(=O)/N=C(\N)C2CCCN(CCc3ccccn3)C2)cc1. The summed E-state index contributed by atoms with van der Waals surface area (Å²) in [6, 6.07) is 12.6. The summed E-state index contributed by atoms with van der Waals surface area (Å²) >= 11 is 0. The van der Waals surface area contributed by atoms with Crippen molar-refractivity contribution < 1.29 is 9.53 Å². The molecule has 1 aliphatic heterocycles. The molecule has 7 nitrogen and oxygen atoms in total. The van der Waals surface area contributed by atoms with E-state index in [0.717, 1.165) is 50.3 Å². The standard InChI is InChI=1S/C21H27N5O2/c1-28-19-9-7-18(8-10-19)24-21(27)25-20(22)16-5-4-13-26(15-16)14-11-17-6-2-3-12-23-17/h2-3,6-10,12,16H,4-5,11,13-15H2,1H3,(H3,22,24,25,27). The van der Waals surface area contributed by atoms with E-state index < -0.39 is 6.03 Å². The molecular formula is C21H27N5O2. The lowest BCUT2D eigenvalue weighted by Crippen LogP contribution is -2.42. The van der Waals surface area contributed by atoms with Crippen LogP contribution in [0.25, 0.3) is 0 Å². The number of carbonyl (C=O) groups is 1. The Balaban J connectivity index is 1.51. The van der Waals surface area contributed by atoms with Crippen molar-refractivity contribution in [2.75, 3.05) is 32.1 Å². The van der Waals surface area contributed by atoms with Gasteiger partial charge in [0.2, 0.25) is 0 Å². The largest absolute Gasteiger partial charge is 0.497 e. The Morgan fingerprint density at radius 1 is 1.32 bits per heavy atom. The monoisotopic (exact) mass is 381 g/mol. The highest BCUT2D eigenvalue weighted by molar-refractivity contribution is 6.00. The molecule has 0 bridgehead atoms. The Hall–Kier alpha value is -2.93. The zero-order valence-electron chi connectivity index (χ0n) is 16.2. The lowest BCUT2D eigenvalue weighted by molar-refractivity contribution is 0.205. The number of hydrogen-bond acceptors (Lipinski definition) is 4. The van der Waals surface area contributed by atoms with E-state index in [1.54, 1.807) is 31.4 Å². The van der Waals surface area contributed by atoms with Crippen LogP contribution in [0.2, 0.25) is 0 Å². The molecule has 2 amide bonds. The van der Waals surface area contributed by atoms with E-state index in [9.17, 15) is 4.79 Å². The summed E-state index contributed by atoms with van der Waals surface area (Å²) in [5.74, 6) is 1.22. The average molecular weight is 381 g/mol. The molecule has 1 unspecified atom stereocenters. The summed E-state index contributed by atoms with van der Waals surface area (Å²) in [5.41, 5.74) is 7.89. The number of carbonyl (C=O) groups excluding carboxylic acids is 1. The number of aromatic nitrogens is 1. The smallest absolute Gasteiger partial charge is 0.347 e. The summed E-state index contributed by atoms with van der Waals surface area (Å²) in [5, 5.41) is 2.74. The van der Waals surface area contributed by atoms with Gasteiger partial charge in [0, 0.05) is 43.0 Å². The van der Waals surface area contributed by atoms with Gasteiger partial charge in [-0.1, -0.05) is 6.07 Å². The molecule has 1 aliphatic rings. The highest BCUT2D eigenvalue weighted by Gasteiger charge is 2.23. The highest BCUT2D eigenvalue weighted by atomic mass is 16.5. The molecule has 0 radical (unpaired) electrons. The van der Waals surface area contributed by atoms with Gasteiger partial charge in [0.1, 0.15) is 11.6 Å². The Labute approximate surface area is 165 Å². The Morgan fingerprint density at radius 2 is 2.14 bits per heavy atom. The third-order valence-corrected chi connectivity index (χ3v) is 4.91. The molecule has 3 rings (SSSR count). The summed E-state index contributed by atoms with van der Waals surface area (Å²) < 4.78 is 5.11. The fourth-order valence-corrected chi connectivity index (χ4v) is 3.35. The maximum absolute atomic E-state index is 12.2. The van der Waals surface area contributed by atoms with Crippen molar-refractivity contribution >= 4 is 17.6 Å². The van der Waals surface area contributed by atoms with Crippen molar-refractivity contribution in [1.29, 1.82) is 0 Å². The second kappa shape index (κ2) is 9.85. The normalized spacial score (nSPS) is 17.9. The quantitative estimate of drug-likeness (QED) is 0.593. The van der Waals surface area contributed by atoms with E-state index >= 15 is 0 Å². The molecule has 0 aliphatic carbocycles. The first-order valence-electron chi connectivity index (χ1n) is 9.55. The van der Waals surface area contributed by atoms with Crippen molar-refractivity contribution in [3.63, 3.8) is 0 Å². The number of nitrogens with one attached hydrogen (secondary N) is 1. The number of nitrogens with zero attached hydrogens (tertiary/aromatic N) is 3. The van der Waals surface area contributed by atoms with Crippen molar-refractivity contribution in [3.05, 3.63) is 54.4 Å². The maximum Gasteiger partial charge on any atom is 0.347 e. The van der Waals surface area contributed by atoms with E-state index in [4.69, 9.17) is 10.5 Å². The number of likely N-dealkylation sites (tertiary alicyclic amines) is 1. The topological polar surface area (TPSA) is 92.8 Å². The average Bonchev–Trinajstić information content (AvgIpc) is 2.73. The molecule has 1 atom stereocenters. The van der Waals surface area contributed by atoms with Gasteiger partial charge < -0.3 is 20.7 Å². The van der Waals surface area contributed by atoms with Gasteiger partial charge in [0.05, 0.1) is 7.11 Å². The number of benzene rings is 1. The number of ether oxygens (including phenoxy) is 1. The maximum atomic E-state index is 12.2. The number of hydrogen-bond donors (Lipinski definition) is 2. The van der Waals surface area contributed by atoms with Crippen molar-refractivity contribution in [1.82, 2.24) is 9.88 Å². The van der Waals surface area contributed by atoms with Crippen LogP contribution in [0.1, 0.15) is 18.5 Å². The zero-order valence-corrected chi connectivity index (χ0v) is 16.2. The third-order valence-electron chi connectivity index (χ3n) is 4.91. The van der Waals surface area contributed by atoms with Crippen LogP contribution in [-0.2, 0) is 6.42 Å². The molecule has 148 valence electrons. The number of piperidine rings is 1. The number of methoxy groups -OCH3 is 1. The molecule has 2 aromatic rings. The molecule has 1 fully saturated rings. The van der Waals surface area contributed by atoms with Gasteiger partial charge in [0.25, 0.3) is 0 Å². The lowest BCUT2D eigenvalue weighted by atomic mass is 9.96. The summed E-state index contributed by atoms with van der Waals surface area (Å²) in [6.45, 7) is 2.78. The predicted molar refractivity (Wildman–Crippen MR) is 111 cm³/mol. The first-order chi connectivity index (χ1) is 13.6. The molecule has 1 aromatic heterocycles. The molecule has 1 saturated heterocycles. The zero-order chi connectivity index (χ0) is 19.8. The van der Waals surface area contributed by atoms with E-state index in [0.29, 0.717) is 11.5 Å². The molecule has 28 heavy (non-hydrogen) atoms. The van der Waals surface area contributed by atoms with Gasteiger partial charge in [-0.15, -0.1) is 0 Å². The molecular weight excluding hydrogens is 354 g/mol. The second-order valence-electron chi connectivity index (χ2n) is 6.91. The molecule has 2 heterocycles. The van der Waals surface area contributed by atoms with E-state index in [2.05, 4.69) is 20.2 Å². The Morgan fingerprint density at radius 3 is 2.86 bits per heavy atom. The van der Waals surface area contributed by atoms with Crippen molar-refractivity contribution in [2.24, 2.45) is 16.6 Å². The van der Waals surface area contributed by atoms with Gasteiger partial charge in [-0.2, -0.15) is 4.99 Å². The Kier molecular flexibility index (Phi) is 6.97. The minimum Gasteiger partial charge on any atom is -0.497 e. The number of pyridine rings is 1. The van der Waals surface area contributed by atoms with Crippen LogP contribution in [0, 0.1) is 5.92 Å². The molecule has 1 aromatic carbocycles. The van der Waals surface area contributed by atoms with Crippen molar-refractivity contribution in [2.45, 2.75) is 19.3 Å². The van der Waals surface area contributed by atoms with Crippen LogP contribution in [0.5, 0.6) is 5.75 Å². The second-order valence-corrected chi connectivity index (χ2v) is 6.91. The third kappa shape index (κ3) is 5.79. The van der Waals surface area contributed by atoms with Gasteiger partial charge >= 0.3 is 6.03 Å². The number of nitrogens with two attached hydrogens (primary N) is 1. The number of amides is 2. The fraction of sp³-hybridized carbons (Fsp3) is 0.381. The van der Waals surface area contributed by atoms with E-state index in [1.807, 2.05) is 24.4 Å². The molecule has 7 heteroatoms. The number of aliphatic imine (C=N–C) groups is 1. The number of amidine groups is 1. The van der Waals surface area contributed by atoms with Crippen LogP contribution in [0.15, 0.2) is 53.7 Å².